The summed E-state index contributed by atoms with van der Waals surface area (Å²) >= 11 is 3.40. The zero-order valence-corrected chi connectivity index (χ0v) is 16.0. The van der Waals surface area contributed by atoms with Crippen molar-refractivity contribution in [2.75, 3.05) is 6.61 Å². The maximum absolute atomic E-state index is 11.9. The van der Waals surface area contributed by atoms with Crippen LogP contribution in [0.15, 0.2) is 51.5 Å². The number of nitrogens with zero attached hydrogens (tertiary/aromatic N) is 2. The highest BCUT2D eigenvalue weighted by atomic mass is 79.9. The van der Waals surface area contributed by atoms with Crippen LogP contribution in [0.1, 0.15) is 17.0 Å². The molecule has 0 fully saturated rings. The molecule has 3 aromatic rings. The maximum Gasteiger partial charge on any atom is 0.258 e. The summed E-state index contributed by atoms with van der Waals surface area (Å²) in [5.41, 5.74) is 3.01. The van der Waals surface area contributed by atoms with Crippen LogP contribution in [0.3, 0.4) is 0 Å². The van der Waals surface area contributed by atoms with E-state index in [-0.39, 0.29) is 19.1 Å². The van der Waals surface area contributed by atoms with Crippen LogP contribution in [0.2, 0.25) is 0 Å². The van der Waals surface area contributed by atoms with Crippen LogP contribution in [0.25, 0.3) is 11.4 Å². The molecule has 1 aromatic heterocycles. The summed E-state index contributed by atoms with van der Waals surface area (Å²) in [7, 11) is 0. The molecule has 0 radical (unpaired) electrons. The molecule has 0 aliphatic carbocycles. The molecular formula is C19H18BrN3O3. The van der Waals surface area contributed by atoms with Crippen molar-refractivity contribution in [1.29, 1.82) is 0 Å². The molecule has 1 N–H and O–H groups in total. The van der Waals surface area contributed by atoms with Crippen molar-refractivity contribution in [3.8, 4) is 17.1 Å². The molecule has 7 heteroatoms. The normalized spacial score (nSPS) is 10.6. The molecule has 0 unspecified atom stereocenters. The number of carbonyl (C=O) groups excluding carboxylic acids is 1. The zero-order valence-electron chi connectivity index (χ0n) is 14.5. The first-order valence-electron chi connectivity index (χ1n) is 8.06. The van der Waals surface area contributed by atoms with Gasteiger partial charge in [0.25, 0.3) is 5.91 Å². The fourth-order valence-electron chi connectivity index (χ4n) is 2.46. The van der Waals surface area contributed by atoms with Gasteiger partial charge >= 0.3 is 0 Å². The number of amides is 1. The topological polar surface area (TPSA) is 77.2 Å². The summed E-state index contributed by atoms with van der Waals surface area (Å²) in [5, 5.41) is 6.63. The van der Waals surface area contributed by atoms with Crippen LogP contribution in [-0.4, -0.2) is 22.7 Å². The average molecular weight is 416 g/mol. The summed E-state index contributed by atoms with van der Waals surface area (Å²) in [6.07, 6.45) is 0. The van der Waals surface area contributed by atoms with E-state index in [1.54, 1.807) is 0 Å². The minimum Gasteiger partial charge on any atom is -0.484 e. The monoisotopic (exact) mass is 415 g/mol. The molecule has 0 aliphatic heterocycles. The van der Waals surface area contributed by atoms with Crippen molar-refractivity contribution in [2.45, 2.75) is 20.4 Å². The Labute approximate surface area is 159 Å². The van der Waals surface area contributed by atoms with Crippen LogP contribution >= 0.6 is 15.9 Å². The number of aromatic nitrogens is 2. The van der Waals surface area contributed by atoms with E-state index in [2.05, 4.69) is 31.4 Å². The van der Waals surface area contributed by atoms with Crippen LogP contribution < -0.4 is 10.1 Å². The third kappa shape index (κ3) is 4.92. The fourth-order valence-corrected chi connectivity index (χ4v) is 2.86. The summed E-state index contributed by atoms with van der Waals surface area (Å²) in [5.74, 6) is 1.22. The predicted octanol–water partition coefficient (Wildman–Crippen LogP) is 3.81. The van der Waals surface area contributed by atoms with Crippen LogP contribution in [0.4, 0.5) is 0 Å². The Balaban J connectivity index is 1.52. The van der Waals surface area contributed by atoms with Crippen molar-refractivity contribution in [2.24, 2.45) is 0 Å². The maximum atomic E-state index is 11.9. The Hall–Kier alpha value is -2.67. The van der Waals surface area contributed by atoms with E-state index in [1.165, 1.54) is 0 Å². The molecule has 0 bridgehead atoms. The number of hydrogen-bond donors (Lipinski definition) is 1. The number of aryl methyl sites for hydroxylation is 2. The number of benzene rings is 2. The highest BCUT2D eigenvalue weighted by Gasteiger charge is 2.10. The predicted molar refractivity (Wildman–Crippen MR) is 101 cm³/mol. The molecule has 1 amide bonds. The van der Waals surface area contributed by atoms with Gasteiger partial charge in [-0.1, -0.05) is 39.3 Å². The Morgan fingerprint density at radius 1 is 1.19 bits per heavy atom. The first kappa shape index (κ1) is 18.1. The molecule has 0 spiro atoms. The zero-order chi connectivity index (χ0) is 18.5. The fraction of sp³-hybridized carbons (Fsp3) is 0.211. The average Bonchev–Trinajstić information content (AvgIpc) is 3.06. The number of halogens is 1. The first-order valence-corrected chi connectivity index (χ1v) is 8.85. The van der Waals surface area contributed by atoms with Crippen LogP contribution in [0.5, 0.6) is 5.75 Å². The highest BCUT2D eigenvalue weighted by molar-refractivity contribution is 9.10. The van der Waals surface area contributed by atoms with Gasteiger partial charge in [-0.3, -0.25) is 4.79 Å². The largest absolute Gasteiger partial charge is 0.484 e. The minimum absolute atomic E-state index is 0.0739. The van der Waals surface area contributed by atoms with E-state index in [9.17, 15) is 4.79 Å². The van der Waals surface area contributed by atoms with Gasteiger partial charge in [-0.25, -0.2) is 0 Å². The molecule has 6 nitrogen and oxygen atoms in total. The van der Waals surface area contributed by atoms with Gasteiger partial charge in [0.2, 0.25) is 11.7 Å². The molecule has 0 aliphatic rings. The number of ether oxygens (including phenoxy) is 1. The second kappa shape index (κ2) is 8.14. The van der Waals surface area contributed by atoms with Gasteiger partial charge < -0.3 is 14.6 Å². The third-order valence-electron chi connectivity index (χ3n) is 3.55. The van der Waals surface area contributed by atoms with E-state index in [0.29, 0.717) is 17.5 Å². The van der Waals surface area contributed by atoms with E-state index < -0.39 is 0 Å². The molecule has 26 heavy (non-hydrogen) atoms. The van der Waals surface area contributed by atoms with Crippen LogP contribution in [-0.2, 0) is 11.3 Å². The van der Waals surface area contributed by atoms with Gasteiger partial charge in [0.15, 0.2) is 6.61 Å². The Morgan fingerprint density at radius 3 is 2.69 bits per heavy atom. The number of hydrogen-bond acceptors (Lipinski definition) is 5. The quantitative estimate of drug-likeness (QED) is 0.661. The summed E-state index contributed by atoms with van der Waals surface area (Å²) in [6, 6.07) is 13.4. The molecule has 3 rings (SSSR count). The van der Waals surface area contributed by atoms with Gasteiger partial charge in [0.1, 0.15) is 5.75 Å². The second-order valence-electron chi connectivity index (χ2n) is 5.91. The smallest absolute Gasteiger partial charge is 0.258 e. The third-order valence-corrected chi connectivity index (χ3v) is 4.05. The molecule has 134 valence electrons. The first-order chi connectivity index (χ1) is 12.5. The van der Waals surface area contributed by atoms with Crippen LogP contribution in [0, 0.1) is 13.8 Å². The Morgan fingerprint density at radius 2 is 1.96 bits per heavy atom. The van der Waals surface area contributed by atoms with Crippen molar-refractivity contribution in [3.63, 3.8) is 0 Å². The lowest BCUT2D eigenvalue weighted by molar-refractivity contribution is -0.123. The Bertz CT molecular complexity index is 904. The van der Waals surface area contributed by atoms with Crippen molar-refractivity contribution < 1.29 is 14.1 Å². The number of carbonyl (C=O) groups is 1. The van der Waals surface area contributed by atoms with Crippen molar-refractivity contribution >= 4 is 21.8 Å². The lowest BCUT2D eigenvalue weighted by Crippen LogP contribution is -2.28. The van der Waals surface area contributed by atoms with Gasteiger partial charge in [-0.15, -0.1) is 0 Å². The van der Waals surface area contributed by atoms with E-state index in [1.807, 2.05) is 56.3 Å². The number of rotatable bonds is 6. The molecule has 0 saturated heterocycles. The molecular weight excluding hydrogens is 398 g/mol. The van der Waals surface area contributed by atoms with Gasteiger partial charge in [0, 0.05) is 10.0 Å². The lowest BCUT2D eigenvalue weighted by Gasteiger charge is -2.08. The van der Waals surface area contributed by atoms with Crippen molar-refractivity contribution in [1.82, 2.24) is 15.5 Å². The van der Waals surface area contributed by atoms with E-state index in [4.69, 9.17) is 9.26 Å². The van der Waals surface area contributed by atoms with E-state index in [0.717, 1.165) is 21.2 Å². The molecule has 0 atom stereocenters. The second-order valence-corrected chi connectivity index (χ2v) is 6.83. The van der Waals surface area contributed by atoms with Gasteiger partial charge in [-0.05, 0) is 49.2 Å². The summed E-state index contributed by atoms with van der Waals surface area (Å²) < 4.78 is 11.6. The SMILES string of the molecule is Cc1cc(C)cc(OCC(=O)NCc2nc(-c3cccc(Br)c3)no2)c1. The standard InChI is InChI=1S/C19H18BrN3O3/c1-12-6-13(2)8-16(7-12)25-11-17(24)21-10-18-22-19(23-26-18)14-4-3-5-15(20)9-14/h3-9H,10-11H2,1-2H3,(H,21,24). The molecule has 1 heterocycles. The minimum atomic E-state index is -0.258. The highest BCUT2D eigenvalue weighted by Crippen LogP contribution is 2.20. The summed E-state index contributed by atoms with van der Waals surface area (Å²) in [6.45, 7) is 4.04. The molecule has 0 saturated carbocycles. The van der Waals surface area contributed by atoms with Gasteiger partial charge in [-0.2, -0.15) is 4.98 Å². The lowest BCUT2D eigenvalue weighted by atomic mass is 10.1. The van der Waals surface area contributed by atoms with Gasteiger partial charge in [0.05, 0.1) is 6.54 Å². The van der Waals surface area contributed by atoms with Crippen molar-refractivity contribution in [3.05, 3.63) is 64.0 Å². The Kier molecular flexibility index (Phi) is 5.68. The van der Waals surface area contributed by atoms with E-state index >= 15 is 0 Å². The number of nitrogens with one attached hydrogen (secondary N) is 1. The molecule has 2 aromatic carbocycles. The summed E-state index contributed by atoms with van der Waals surface area (Å²) in [4.78, 5) is 16.2.